The molecular formula is C31H49NO5. The number of fused-ring (bicyclic) bond motifs is 1. The highest BCUT2D eigenvalue weighted by molar-refractivity contribution is 5.96. The summed E-state index contributed by atoms with van der Waals surface area (Å²) in [6, 6.07) is 5.33. The molecule has 2 rings (SSSR count). The lowest BCUT2D eigenvalue weighted by atomic mass is 9.92. The predicted molar refractivity (Wildman–Crippen MR) is 150 cm³/mol. The minimum absolute atomic E-state index is 0.0166. The van der Waals surface area contributed by atoms with Crippen LogP contribution in [0.25, 0.3) is 0 Å². The molecule has 1 aromatic carbocycles. The highest BCUT2D eigenvalue weighted by atomic mass is 16.5. The molecule has 2 atom stereocenters. The van der Waals surface area contributed by atoms with Crippen LogP contribution in [0.2, 0.25) is 0 Å². The SMILES string of the molecule is CC.CCC(C)C.CCO/C1=C/C(C)=C\C(C)COC(=O)c2c(ccc(C(O)CC(C)C)c2C#N)OC1. The Labute approximate surface area is 225 Å². The van der Waals surface area contributed by atoms with Crippen molar-refractivity contribution < 1.29 is 24.1 Å². The summed E-state index contributed by atoms with van der Waals surface area (Å²) in [6.07, 6.45) is 4.81. The Morgan fingerprint density at radius 2 is 1.76 bits per heavy atom. The summed E-state index contributed by atoms with van der Waals surface area (Å²) < 4.78 is 17.0. The number of nitriles is 1. The summed E-state index contributed by atoms with van der Waals surface area (Å²) in [5.41, 5.74) is 1.52. The van der Waals surface area contributed by atoms with Crippen molar-refractivity contribution in [1.82, 2.24) is 0 Å². The average molecular weight is 516 g/mol. The van der Waals surface area contributed by atoms with Gasteiger partial charge in [0.15, 0.2) is 0 Å². The molecule has 6 nitrogen and oxygen atoms in total. The van der Waals surface area contributed by atoms with Gasteiger partial charge in [-0.1, -0.05) is 79.5 Å². The Balaban J connectivity index is 0.00000165. The van der Waals surface area contributed by atoms with E-state index < -0.39 is 12.1 Å². The van der Waals surface area contributed by atoms with Gasteiger partial charge in [-0.25, -0.2) is 4.79 Å². The van der Waals surface area contributed by atoms with Gasteiger partial charge in [0.05, 0.1) is 24.9 Å². The van der Waals surface area contributed by atoms with Crippen molar-refractivity contribution in [2.75, 3.05) is 19.8 Å². The maximum atomic E-state index is 12.9. The topological polar surface area (TPSA) is 88.8 Å². The molecule has 0 amide bonds. The molecule has 2 unspecified atom stereocenters. The summed E-state index contributed by atoms with van der Waals surface area (Å²) in [7, 11) is 0. The number of benzene rings is 1. The fraction of sp³-hybridized carbons (Fsp3) is 0.613. The van der Waals surface area contributed by atoms with Crippen LogP contribution in [0.5, 0.6) is 5.75 Å². The van der Waals surface area contributed by atoms with Crippen molar-refractivity contribution in [3.8, 4) is 11.8 Å². The Bertz CT molecular complexity index is 924. The van der Waals surface area contributed by atoms with Gasteiger partial charge >= 0.3 is 5.97 Å². The quantitative estimate of drug-likeness (QED) is 0.389. The number of ether oxygens (including phenoxy) is 3. The second-order valence-corrected chi connectivity index (χ2v) is 9.78. The molecule has 0 saturated heterocycles. The molecule has 1 heterocycles. The zero-order chi connectivity index (χ0) is 28.5. The van der Waals surface area contributed by atoms with Crippen molar-refractivity contribution in [3.05, 3.63) is 52.3 Å². The minimum atomic E-state index is -0.859. The van der Waals surface area contributed by atoms with Crippen LogP contribution >= 0.6 is 0 Å². The number of hydrogen-bond donors (Lipinski definition) is 1. The lowest BCUT2D eigenvalue weighted by Crippen LogP contribution is -2.17. The third kappa shape index (κ3) is 12.3. The molecule has 0 fully saturated rings. The van der Waals surface area contributed by atoms with Gasteiger partial charge in [0.2, 0.25) is 0 Å². The van der Waals surface area contributed by atoms with Crippen LogP contribution in [0.4, 0.5) is 0 Å². The number of esters is 1. The zero-order valence-electron chi connectivity index (χ0n) is 24.7. The van der Waals surface area contributed by atoms with E-state index in [0.717, 1.165) is 11.5 Å². The number of carbonyl (C=O) groups is 1. The lowest BCUT2D eigenvalue weighted by Gasteiger charge is -2.20. The Hall–Kier alpha value is -2.78. The molecule has 1 aliphatic heterocycles. The number of cyclic esters (lactones) is 1. The molecule has 0 bridgehead atoms. The minimum Gasteiger partial charge on any atom is -0.495 e. The lowest BCUT2D eigenvalue weighted by molar-refractivity contribution is 0.0465. The number of allylic oxidation sites excluding steroid dienone is 2. The molecule has 0 radical (unpaired) electrons. The molecule has 37 heavy (non-hydrogen) atoms. The number of hydrogen-bond acceptors (Lipinski definition) is 6. The highest BCUT2D eigenvalue weighted by Gasteiger charge is 2.26. The molecule has 0 aromatic heterocycles. The van der Waals surface area contributed by atoms with E-state index in [2.05, 4.69) is 26.8 Å². The summed E-state index contributed by atoms with van der Waals surface area (Å²) in [5, 5.41) is 20.4. The van der Waals surface area contributed by atoms with Gasteiger partial charge in [0, 0.05) is 5.92 Å². The first-order valence-corrected chi connectivity index (χ1v) is 13.6. The molecule has 1 aliphatic rings. The third-order valence-corrected chi connectivity index (χ3v) is 5.50. The summed E-state index contributed by atoms with van der Waals surface area (Å²) in [5.74, 6) is 1.32. The number of rotatable bonds is 6. The van der Waals surface area contributed by atoms with Crippen LogP contribution in [0.15, 0.2) is 35.6 Å². The third-order valence-electron chi connectivity index (χ3n) is 5.50. The van der Waals surface area contributed by atoms with E-state index in [9.17, 15) is 15.2 Å². The summed E-state index contributed by atoms with van der Waals surface area (Å²) in [4.78, 5) is 12.9. The van der Waals surface area contributed by atoms with E-state index in [1.165, 1.54) is 6.42 Å². The van der Waals surface area contributed by atoms with Gasteiger partial charge in [-0.05, 0) is 49.8 Å². The molecule has 6 heteroatoms. The Kier molecular flexibility index (Phi) is 17.1. The second kappa shape index (κ2) is 18.5. The second-order valence-electron chi connectivity index (χ2n) is 9.78. The van der Waals surface area contributed by atoms with Gasteiger partial charge in [0.1, 0.15) is 29.7 Å². The van der Waals surface area contributed by atoms with Crippen molar-refractivity contribution in [2.45, 2.75) is 88.2 Å². The number of aliphatic hydroxyl groups excluding tert-OH is 1. The van der Waals surface area contributed by atoms with Crippen molar-refractivity contribution in [3.63, 3.8) is 0 Å². The van der Waals surface area contributed by atoms with Crippen molar-refractivity contribution in [1.29, 1.82) is 5.26 Å². The largest absolute Gasteiger partial charge is 0.495 e. The maximum absolute atomic E-state index is 12.9. The fourth-order valence-corrected chi connectivity index (χ4v) is 3.43. The normalized spacial score (nSPS) is 19.2. The van der Waals surface area contributed by atoms with E-state index in [1.54, 1.807) is 12.1 Å². The van der Waals surface area contributed by atoms with Crippen LogP contribution in [0.3, 0.4) is 0 Å². The molecular weight excluding hydrogens is 466 g/mol. The zero-order valence-corrected chi connectivity index (χ0v) is 24.7. The summed E-state index contributed by atoms with van der Waals surface area (Å²) in [6.45, 7) is 21.2. The highest BCUT2D eigenvalue weighted by Crippen LogP contribution is 2.33. The number of nitrogens with zero attached hydrogens (tertiary/aromatic N) is 1. The van der Waals surface area contributed by atoms with Gasteiger partial charge in [0.25, 0.3) is 0 Å². The van der Waals surface area contributed by atoms with E-state index >= 15 is 0 Å². The number of carbonyl (C=O) groups excluding carboxylic acids is 1. The van der Waals surface area contributed by atoms with Crippen LogP contribution < -0.4 is 4.74 Å². The van der Waals surface area contributed by atoms with Crippen molar-refractivity contribution in [2.24, 2.45) is 17.8 Å². The maximum Gasteiger partial charge on any atom is 0.343 e. The van der Waals surface area contributed by atoms with E-state index in [4.69, 9.17) is 14.2 Å². The smallest absolute Gasteiger partial charge is 0.343 e. The van der Waals surface area contributed by atoms with Crippen LogP contribution in [0, 0.1) is 29.1 Å². The van der Waals surface area contributed by atoms with Crippen LogP contribution in [-0.4, -0.2) is 30.9 Å². The molecule has 208 valence electrons. The molecule has 0 saturated carbocycles. The molecule has 0 aliphatic carbocycles. The molecule has 0 spiro atoms. The molecule has 1 aromatic rings. The monoisotopic (exact) mass is 515 g/mol. The van der Waals surface area contributed by atoms with Crippen LogP contribution in [0.1, 0.15) is 110 Å². The molecule has 1 N–H and O–H groups in total. The van der Waals surface area contributed by atoms with Gasteiger partial charge < -0.3 is 19.3 Å². The van der Waals surface area contributed by atoms with Gasteiger partial charge in [-0.3, -0.25) is 0 Å². The average Bonchev–Trinajstić information content (AvgIpc) is 2.85. The van der Waals surface area contributed by atoms with Crippen LogP contribution in [-0.2, 0) is 9.47 Å². The van der Waals surface area contributed by atoms with E-state index in [1.807, 2.05) is 60.6 Å². The first-order chi connectivity index (χ1) is 17.5. The fourth-order valence-electron chi connectivity index (χ4n) is 3.43. The first kappa shape index (κ1) is 34.2. The van der Waals surface area contributed by atoms with E-state index in [0.29, 0.717) is 24.4 Å². The van der Waals surface area contributed by atoms with Crippen molar-refractivity contribution >= 4 is 5.97 Å². The Morgan fingerprint density at radius 3 is 2.27 bits per heavy atom. The van der Waals surface area contributed by atoms with E-state index in [-0.39, 0.29) is 41.9 Å². The Morgan fingerprint density at radius 1 is 1.14 bits per heavy atom. The standard InChI is InChI=1S/C24H31NO5.C5H12.C2H6/c1-6-28-18-11-16(4)10-17(5)13-30-24(27)23-20(12-25)19(21(26)9-15(2)3)7-8-22(23)29-14-18;1-4-5(2)3;1-2/h7-8,10-11,15,17,21,26H,6,9,13-14H2,1-5H3;5H,4H2,1-3H3;1-2H3/b16-10-,18-11+;;. The van der Waals surface area contributed by atoms with Gasteiger partial charge in [-0.2, -0.15) is 5.26 Å². The van der Waals surface area contributed by atoms with Gasteiger partial charge in [-0.15, -0.1) is 0 Å². The summed E-state index contributed by atoms with van der Waals surface area (Å²) >= 11 is 0. The first-order valence-electron chi connectivity index (χ1n) is 13.6. The predicted octanol–water partition coefficient (Wildman–Crippen LogP) is 7.77. The number of aliphatic hydroxyl groups is 1.